The Morgan fingerprint density at radius 1 is 1.33 bits per heavy atom. The van der Waals surface area contributed by atoms with Gasteiger partial charge in [-0.25, -0.2) is 0 Å². The zero-order valence-electron chi connectivity index (χ0n) is 10.2. The van der Waals surface area contributed by atoms with E-state index in [0.717, 1.165) is 5.69 Å². The fourth-order valence-corrected chi connectivity index (χ4v) is 1.58. The SMILES string of the molecule is CNC(c1cnccn1)C(C)(C)N(C)C. The van der Waals surface area contributed by atoms with Crippen molar-refractivity contribution in [2.75, 3.05) is 21.1 Å². The summed E-state index contributed by atoms with van der Waals surface area (Å²) in [7, 11) is 6.09. The molecule has 1 heterocycles. The van der Waals surface area contributed by atoms with Crippen molar-refractivity contribution in [3.63, 3.8) is 0 Å². The van der Waals surface area contributed by atoms with Crippen LogP contribution in [0.1, 0.15) is 25.6 Å². The second-order valence-corrected chi connectivity index (χ2v) is 4.40. The molecule has 1 unspecified atom stereocenters. The third-order valence-electron chi connectivity index (χ3n) is 3.03. The van der Waals surface area contributed by atoms with E-state index < -0.39 is 0 Å². The predicted octanol–water partition coefficient (Wildman–Crippen LogP) is 1.08. The van der Waals surface area contributed by atoms with Gasteiger partial charge >= 0.3 is 0 Å². The van der Waals surface area contributed by atoms with Gasteiger partial charge in [0.1, 0.15) is 0 Å². The Kier molecular flexibility index (Phi) is 3.77. The molecule has 1 aromatic heterocycles. The molecule has 15 heavy (non-hydrogen) atoms. The predicted molar refractivity (Wildman–Crippen MR) is 61.6 cm³/mol. The quantitative estimate of drug-likeness (QED) is 0.804. The molecule has 0 aliphatic heterocycles. The van der Waals surface area contributed by atoms with Crippen LogP contribution in [0, 0.1) is 0 Å². The summed E-state index contributed by atoms with van der Waals surface area (Å²) in [5.41, 5.74) is 0.962. The number of aromatic nitrogens is 2. The topological polar surface area (TPSA) is 41.1 Å². The van der Waals surface area contributed by atoms with Gasteiger partial charge in [0.25, 0.3) is 0 Å². The average molecular weight is 208 g/mol. The molecule has 0 saturated heterocycles. The van der Waals surface area contributed by atoms with Crippen molar-refractivity contribution >= 4 is 0 Å². The molecule has 0 saturated carbocycles. The summed E-state index contributed by atoms with van der Waals surface area (Å²) < 4.78 is 0. The van der Waals surface area contributed by atoms with E-state index in [1.54, 1.807) is 12.4 Å². The van der Waals surface area contributed by atoms with Crippen LogP contribution in [0.5, 0.6) is 0 Å². The summed E-state index contributed by atoms with van der Waals surface area (Å²) in [6.07, 6.45) is 5.23. The van der Waals surface area contributed by atoms with Gasteiger partial charge in [-0.15, -0.1) is 0 Å². The molecule has 1 N–H and O–H groups in total. The zero-order valence-corrected chi connectivity index (χ0v) is 10.2. The third-order valence-corrected chi connectivity index (χ3v) is 3.03. The number of hydrogen-bond acceptors (Lipinski definition) is 4. The Balaban J connectivity index is 2.99. The van der Waals surface area contributed by atoms with Gasteiger partial charge in [0.2, 0.25) is 0 Å². The number of nitrogens with one attached hydrogen (secondary N) is 1. The molecule has 4 nitrogen and oxygen atoms in total. The Hall–Kier alpha value is -1.00. The van der Waals surface area contributed by atoms with Crippen LogP contribution in [0.4, 0.5) is 0 Å². The summed E-state index contributed by atoms with van der Waals surface area (Å²) in [5.74, 6) is 0. The van der Waals surface area contributed by atoms with Gasteiger partial charge < -0.3 is 10.2 Å². The highest BCUT2D eigenvalue weighted by atomic mass is 15.2. The average Bonchev–Trinajstić information content (AvgIpc) is 2.19. The van der Waals surface area contributed by atoms with Gasteiger partial charge in [-0.05, 0) is 35.0 Å². The molecule has 0 aliphatic rings. The summed E-state index contributed by atoms with van der Waals surface area (Å²) >= 11 is 0. The van der Waals surface area contributed by atoms with Crippen molar-refractivity contribution in [2.45, 2.75) is 25.4 Å². The normalized spacial score (nSPS) is 14.3. The standard InChI is InChI=1S/C11H20N4/c1-11(2,15(4)5)10(12-3)9-8-13-6-7-14-9/h6-8,10,12H,1-5H3. The minimum atomic E-state index is -0.00914. The molecule has 0 amide bonds. The minimum Gasteiger partial charge on any atom is -0.310 e. The monoisotopic (exact) mass is 208 g/mol. The molecule has 1 aromatic rings. The highest BCUT2D eigenvalue weighted by Gasteiger charge is 2.32. The van der Waals surface area contributed by atoms with Crippen molar-refractivity contribution in [3.8, 4) is 0 Å². The van der Waals surface area contributed by atoms with Gasteiger partial charge in [0, 0.05) is 17.9 Å². The molecule has 84 valence electrons. The van der Waals surface area contributed by atoms with Crippen molar-refractivity contribution in [1.29, 1.82) is 0 Å². The fourth-order valence-electron chi connectivity index (χ4n) is 1.58. The zero-order chi connectivity index (χ0) is 11.5. The Morgan fingerprint density at radius 3 is 2.40 bits per heavy atom. The molecule has 0 aromatic carbocycles. The Labute approximate surface area is 91.7 Å². The molecule has 0 spiro atoms. The van der Waals surface area contributed by atoms with Gasteiger partial charge in [-0.3, -0.25) is 9.97 Å². The molecule has 0 radical (unpaired) electrons. The lowest BCUT2D eigenvalue weighted by molar-refractivity contribution is 0.140. The smallest absolute Gasteiger partial charge is 0.0774 e. The molecule has 4 heteroatoms. The summed E-state index contributed by atoms with van der Waals surface area (Å²) in [6.45, 7) is 4.37. The van der Waals surface area contributed by atoms with Crippen molar-refractivity contribution in [3.05, 3.63) is 24.3 Å². The first-order chi connectivity index (χ1) is 7.00. The number of rotatable bonds is 4. The van der Waals surface area contributed by atoms with Crippen LogP contribution in [0.15, 0.2) is 18.6 Å². The van der Waals surface area contributed by atoms with Crippen molar-refractivity contribution in [2.24, 2.45) is 0 Å². The molecule has 1 rings (SSSR count). The first-order valence-corrected chi connectivity index (χ1v) is 5.10. The van der Waals surface area contributed by atoms with Gasteiger partial charge in [-0.1, -0.05) is 0 Å². The maximum Gasteiger partial charge on any atom is 0.0774 e. The second-order valence-electron chi connectivity index (χ2n) is 4.40. The van der Waals surface area contributed by atoms with E-state index >= 15 is 0 Å². The summed E-state index contributed by atoms with van der Waals surface area (Å²) in [6, 6.07) is 0.168. The minimum absolute atomic E-state index is 0.00914. The maximum atomic E-state index is 4.35. The highest BCUT2D eigenvalue weighted by molar-refractivity contribution is 5.09. The fraction of sp³-hybridized carbons (Fsp3) is 0.636. The van der Waals surface area contributed by atoms with Crippen molar-refractivity contribution in [1.82, 2.24) is 20.2 Å². The number of hydrogen-bond donors (Lipinski definition) is 1. The molecule has 1 atom stereocenters. The van der Waals surface area contributed by atoms with Crippen LogP contribution >= 0.6 is 0 Å². The maximum absolute atomic E-state index is 4.35. The van der Waals surface area contributed by atoms with Crippen LogP contribution in [-0.2, 0) is 0 Å². The van der Waals surface area contributed by atoms with Crippen LogP contribution in [0.25, 0.3) is 0 Å². The second kappa shape index (κ2) is 4.68. The van der Waals surface area contributed by atoms with E-state index in [1.165, 1.54) is 0 Å². The van der Waals surface area contributed by atoms with E-state index in [2.05, 4.69) is 48.1 Å². The van der Waals surface area contributed by atoms with Crippen LogP contribution in [0.2, 0.25) is 0 Å². The lowest BCUT2D eigenvalue weighted by atomic mass is 9.91. The molecular weight excluding hydrogens is 188 g/mol. The first kappa shape index (κ1) is 12.1. The largest absolute Gasteiger partial charge is 0.310 e. The highest BCUT2D eigenvalue weighted by Crippen LogP contribution is 2.27. The molecule has 0 aliphatic carbocycles. The van der Waals surface area contributed by atoms with Gasteiger partial charge in [-0.2, -0.15) is 0 Å². The van der Waals surface area contributed by atoms with Crippen LogP contribution < -0.4 is 5.32 Å². The number of nitrogens with zero attached hydrogens (tertiary/aromatic N) is 3. The molecular formula is C11H20N4. The Morgan fingerprint density at radius 2 is 2.00 bits per heavy atom. The lowest BCUT2D eigenvalue weighted by Gasteiger charge is -2.39. The first-order valence-electron chi connectivity index (χ1n) is 5.10. The van der Waals surface area contributed by atoms with Crippen LogP contribution in [0.3, 0.4) is 0 Å². The van der Waals surface area contributed by atoms with E-state index in [0.29, 0.717) is 0 Å². The van der Waals surface area contributed by atoms with Crippen LogP contribution in [-0.4, -0.2) is 41.5 Å². The van der Waals surface area contributed by atoms with E-state index in [9.17, 15) is 0 Å². The lowest BCUT2D eigenvalue weighted by Crippen LogP contribution is -2.48. The molecule has 0 bridgehead atoms. The van der Waals surface area contributed by atoms with E-state index in [-0.39, 0.29) is 11.6 Å². The summed E-state index contributed by atoms with van der Waals surface area (Å²) in [5, 5.41) is 3.30. The Bertz CT molecular complexity index is 295. The van der Waals surface area contributed by atoms with Gasteiger partial charge in [0.05, 0.1) is 17.9 Å². The van der Waals surface area contributed by atoms with E-state index in [1.807, 2.05) is 13.2 Å². The third kappa shape index (κ3) is 2.52. The van der Waals surface area contributed by atoms with Gasteiger partial charge in [0.15, 0.2) is 0 Å². The summed E-state index contributed by atoms with van der Waals surface area (Å²) in [4.78, 5) is 10.6. The number of likely N-dealkylation sites (N-methyl/N-ethyl adjacent to an activating group) is 2. The van der Waals surface area contributed by atoms with Crippen molar-refractivity contribution < 1.29 is 0 Å². The van der Waals surface area contributed by atoms with E-state index in [4.69, 9.17) is 0 Å². The molecule has 0 fully saturated rings.